The number of nitrogens with one attached hydrogen (secondary N) is 1. The molecule has 5 N–H and O–H groups in total. The monoisotopic (exact) mass is 780 g/mol. The molecule has 6 heteroatoms. The molecule has 0 aliphatic heterocycles. The normalized spacial score (nSPS) is 14.1. The summed E-state index contributed by atoms with van der Waals surface area (Å²) in [5.74, 6) is -0.589. The fraction of sp³-hybridized carbons (Fsp3) is 0.939. The molecule has 0 aliphatic carbocycles. The summed E-state index contributed by atoms with van der Waals surface area (Å²) in [5.41, 5.74) is 0. The smallest absolute Gasteiger partial charge is 0.249 e. The van der Waals surface area contributed by atoms with Crippen molar-refractivity contribution < 1.29 is 25.2 Å². The zero-order valence-corrected chi connectivity index (χ0v) is 36.9. The highest BCUT2D eigenvalue weighted by Gasteiger charge is 2.28. The average molecular weight is 780 g/mol. The van der Waals surface area contributed by atoms with E-state index in [4.69, 9.17) is 0 Å². The Hall–Kier alpha value is -0.950. The second kappa shape index (κ2) is 44.2. The van der Waals surface area contributed by atoms with E-state index in [1.807, 2.05) is 0 Å². The highest BCUT2D eigenvalue weighted by atomic mass is 16.3. The summed E-state index contributed by atoms with van der Waals surface area (Å²) >= 11 is 0. The number of rotatable bonds is 45. The van der Waals surface area contributed by atoms with Crippen molar-refractivity contribution in [3.8, 4) is 0 Å². The van der Waals surface area contributed by atoms with E-state index in [2.05, 4.69) is 31.3 Å². The maximum atomic E-state index is 12.5. The SMILES string of the molecule is CCCCCCCCCC/C=C/CCCC(O)C(O)C(CO)NC(=O)C(O)CCCCCCCCCCCCCCCCCCCCCCCCCCCC. The first-order valence-corrected chi connectivity index (χ1v) is 24.6. The van der Waals surface area contributed by atoms with E-state index in [1.54, 1.807) is 0 Å². The summed E-state index contributed by atoms with van der Waals surface area (Å²) in [4.78, 5) is 12.5. The largest absolute Gasteiger partial charge is 0.394 e. The van der Waals surface area contributed by atoms with Gasteiger partial charge in [-0.1, -0.05) is 238 Å². The zero-order chi connectivity index (χ0) is 40.3. The van der Waals surface area contributed by atoms with Gasteiger partial charge in [0.15, 0.2) is 0 Å². The van der Waals surface area contributed by atoms with Crippen molar-refractivity contribution in [3.63, 3.8) is 0 Å². The first-order valence-electron chi connectivity index (χ1n) is 24.6. The van der Waals surface area contributed by atoms with Crippen LogP contribution < -0.4 is 5.32 Å². The predicted molar refractivity (Wildman–Crippen MR) is 238 cm³/mol. The van der Waals surface area contributed by atoms with Gasteiger partial charge in [-0.25, -0.2) is 0 Å². The Morgan fingerprint density at radius 1 is 0.436 bits per heavy atom. The molecule has 0 bridgehead atoms. The molecule has 0 aromatic heterocycles. The van der Waals surface area contributed by atoms with Gasteiger partial charge in [-0.3, -0.25) is 4.79 Å². The molecule has 0 spiro atoms. The third kappa shape index (κ3) is 38.3. The lowest BCUT2D eigenvalue weighted by Gasteiger charge is -2.27. The van der Waals surface area contributed by atoms with Gasteiger partial charge in [-0.05, 0) is 38.5 Å². The Morgan fingerprint density at radius 3 is 1.09 bits per heavy atom. The summed E-state index contributed by atoms with van der Waals surface area (Å²) in [6, 6.07) is -0.997. The predicted octanol–water partition coefficient (Wildman–Crippen LogP) is 13.4. The minimum absolute atomic E-state index is 0.368. The van der Waals surface area contributed by atoms with Crippen LogP contribution in [0.1, 0.15) is 264 Å². The third-order valence-corrected chi connectivity index (χ3v) is 11.7. The molecule has 0 rings (SSSR count). The Bertz CT molecular complexity index is 791. The fourth-order valence-electron chi connectivity index (χ4n) is 7.82. The molecule has 0 saturated carbocycles. The molecule has 0 aromatic carbocycles. The summed E-state index contributed by atoms with van der Waals surface area (Å²) in [5, 5.41) is 43.7. The van der Waals surface area contributed by atoms with Gasteiger partial charge in [-0.2, -0.15) is 0 Å². The zero-order valence-electron chi connectivity index (χ0n) is 36.9. The van der Waals surface area contributed by atoms with Crippen LogP contribution in [0.25, 0.3) is 0 Å². The number of hydrogen-bond acceptors (Lipinski definition) is 5. The quantitative estimate of drug-likeness (QED) is 0.0312. The Morgan fingerprint density at radius 2 is 0.745 bits per heavy atom. The van der Waals surface area contributed by atoms with E-state index < -0.39 is 36.9 Å². The van der Waals surface area contributed by atoms with Crippen LogP contribution in [0, 0.1) is 0 Å². The van der Waals surface area contributed by atoms with Crippen LogP contribution in [-0.2, 0) is 4.79 Å². The van der Waals surface area contributed by atoms with E-state index in [-0.39, 0.29) is 0 Å². The van der Waals surface area contributed by atoms with Crippen LogP contribution in [0.15, 0.2) is 12.2 Å². The second-order valence-electron chi connectivity index (χ2n) is 17.2. The summed E-state index contributed by atoms with van der Waals surface area (Å²) in [6.45, 7) is 4.05. The highest BCUT2D eigenvalue weighted by Crippen LogP contribution is 2.17. The van der Waals surface area contributed by atoms with Crippen LogP contribution in [0.2, 0.25) is 0 Å². The number of allylic oxidation sites excluding steroid dienone is 2. The topological polar surface area (TPSA) is 110 Å². The number of aliphatic hydroxyl groups excluding tert-OH is 4. The van der Waals surface area contributed by atoms with Crippen molar-refractivity contribution in [2.45, 2.75) is 289 Å². The van der Waals surface area contributed by atoms with Crippen LogP contribution in [0.3, 0.4) is 0 Å². The van der Waals surface area contributed by atoms with Gasteiger partial charge < -0.3 is 25.7 Å². The van der Waals surface area contributed by atoms with Crippen LogP contribution in [0.4, 0.5) is 0 Å². The van der Waals surface area contributed by atoms with E-state index in [1.165, 1.54) is 199 Å². The lowest BCUT2D eigenvalue weighted by Crippen LogP contribution is -2.53. The highest BCUT2D eigenvalue weighted by molar-refractivity contribution is 5.80. The summed E-state index contributed by atoms with van der Waals surface area (Å²) in [6.07, 6.45) is 49.8. The van der Waals surface area contributed by atoms with Gasteiger partial charge in [0.05, 0.1) is 18.8 Å². The standard InChI is InChI=1S/C49H97NO5/c1-3-5-7-9-11-13-15-17-18-19-20-21-22-23-24-25-26-27-28-29-31-33-35-37-39-41-43-47(53)49(55)50-45(44-51)48(54)46(52)42-40-38-36-34-32-30-16-14-12-10-8-6-4-2/h34,36,45-48,51-54H,3-33,35,37-44H2,1-2H3,(H,50,55)/b36-34+. The van der Waals surface area contributed by atoms with Crippen molar-refractivity contribution in [2.24, 2.45) is 0 Å². The fourth-order valence-corrected chi connectivity index (χ4v) is 7.82. The minimum Gasteiger partial charge on any atom is -0.394 e. The molecule has 0 heterocycles. The van der Waals surface area contributed by atoms with Gasteiger partial charge in [-0.15, -0.1) is 0 Å². The molecular formula is C49H97NO5. The molecule has 55 heavy (non-hydrogen) atoms. The van der Waals surface area contributed by atoms with Crippen LogP contribution >= 0.6 is 0 Å². The van der Waals surface area contributed by atoms with E-state index in [0.29, 0.717) is 12.8 Å². The maximum absolute atomic E-state index is 12.5. The van der Waals surface area contributed by atoms with E-state index in [0.717, 1.165) is 38.5 Å². The second-order valence-corrected chi connectivity index (χ2v) is 17.2. The van der Waals surface area contributed by atoms with Crippen molar-refractivity contribution in [3.05, 3.63) is 12.2 Å². The summed E-state index contributed by atoms with van der Waals surface area (Å²) in [7, 11) is 0. The number of unbranched alkanes of at least 4 members (excludes halogenated alkanes) is 34. The van der Waals surface area contributed by atoms with E-state index in [9.17, 15) is 25.2 Å². The molecule has 0 radical (unpaired) electrons. The van der Waals surface area contributed by atoms with Gasteiger partial charge >= 0.3 is 0 Å². The molecule has 6 nitrogen and oxygen atoms in total. The molecule has 4 atom stereocenters. The van der Waals surface area contributed by atoms with Crippen molar-refractivity contribution in [1.29, 1.82) is 0 Å². The number of aliphatic hydroxyl groups is 4. The van der Waals surface area contributed by atoms with Gasteiger partial charge in [0.1, 0.15) is 12.2 Å². The van der Waals surface area contributed by atoms with Crippen molar-refractivity contribution >= 4 is 5.91 Å². The molecule has 0 fully saturated rings. The first kappa shape index (κ1) is 54.0. The van der Waals surface area contributed by atoms with Gasteiger partial charge in [0, 0.05) is 0 Å². The Labute approximate surface area is 342 Å². The van der Waals surface area contributed by atoms with Crippen molar-refractivity contribution in [1.82, 2.24) is 5.32 Å². The Balaban J connectivity index is 3.62. The molecule has 0 saturated heterocycles. The minimum atomic E-state index is -1.28. The maximum Gasteiger partial charge on any atom is 0.249 e. The molecule has 0 aromatic rings. The molecule has 1 amide bonds. The van der Waals surface area contributed by atoms with Gasteiger partial charge in [0.2, 0.25) is 5.91 Å². The van der Waals surface area contributed by atoms with Gasteiger partial charge in [0.25, 0.3) is 0 Å². The third-order valence-electron chi connectivity index (χ3n) is 11.7. The van der Waals surface area contributed by atoms with Crippen LogP contribution in [0.5, 0.6) is 0 Å². The number of hydrogen-bond donors (Lipinski definition) is 5. The average Bonchev–Trinajstić information content (AvgIpc) is 3.19. The molecular weight excluding hydrogens is 683 g/mol. The summed E-state index contributed by atoms with van der Waals surface area (Å²) < 4.78 is 0. The number of carbonyl (C=O) groups excluding carboxylic acids is 1. The van der Waals surface area contributed by atoms with Crippen LogP contribution in [-0.4, -0.2) is 57.3 Å². The lowest BCUT2D eigenvalue weighted by atomic mass is 10.00. The first-order chi connectivity index (χ1) is 27.0. The van der Waals surface area contributed by atoms with E-state index >= 15 is 0 Å². The molecule has 0 aliphatic rings. The number of carbonyl (C=O) groups is 1. The molecule has 328 valence electrons. The Kier molecular flexibility index (Phi) is 43.4. The van der Waals surface area contributed by atoms with Crippen molar-refractivity contribution in [2.75, 3.05) is 6.61 Å². The lowest BCUT2D eigenvalue weighted by molar-refractivity contribution is -0.132. The molecule has 4 unspecified atom stereocenters. The number of amides is 1.